The number of rotatable bonds is 7. The molecule has 0 bridgehead atoms. The van der Waals surface area contributed by atoms with Gasteiger partial charge in [0, 0.05) is 20.7 Å². The van der Waals surface area contributed by atoms with Crippen LogP contribution in [0.3, 0.4) is 0 Å². The summed E-state index contributed by atoms with van der Waals surface area (Å²) in [6.45, 7) is 0.606. The van der Waals surface area contributed by atoms with E-state index in [1.807, 2.05) is 0 Å². The number of carbonyl (C=O) groups excluding carboxylic acids is 1. The van der Waals surface area contributed by atoms with Gasteiger partial charge in [0.05, 0.1) is 24.8 Å². The Morgan fingerprint density at radius 3 is 2.48 bits per heavy atom. The summed E-state index contributed by atoms with van der Waals surface area (Å²) in [5.74, 6) is -0.988. The lowest BCUT2D eigenvalue weighted by molar-refractivity contribution is 0.0489. The first kappa shape index (κ1) is 16.9. The van der Waals surface area contributed by atoms with Crippen LogP contribution in [0, 0.1) is 0 Å². The number of methoxy groups -OCH3 is 1. The molecule has 21 heavy (non-hydrogen) atoms. The molecule has 0 radical (unpaired) electrons. The molecule has 0 aliphatic carbocycles. The number of nitrogens with one attached hydrogen (secondary N) is 1. The minimum atomic E-state index is -0.988. The third-order valence-corrected chi connectivity index (χ3v) is 2.83. The fourth-order valence-electron chi connectivity index (χ4n) is 1.72. The molecule has 7 heteroatoms. The van der Waals surface area contributed by atoms with E-state index in [2.05, 4.69) is 5.32 Å². The SMILES string of the molecule is COCC(O)CN(C)C(=O)NCc1ccc(C(=O)O)cc1. The summed E-state index contributed by atoms with van der Waals surface area (Å²) in [5, 5.41) is 21.0. The lowest BCUT2D eigenvalue weighted by Gasteiger charge is -2.21. The van der Waals surface area contributed by atoms with Crippen LogP contribution >= 0.6 is 0 Å². The molecule has 116 valence electrons. The Balaban J connectivity index is 2.43. The number of carbonyl (C=O) groups is 2. The number of urea groups is 1. The van der Waals surface area contributed by atoms with Gasteiger partial charge in [0.25, 0.3) is 0 Å². The van der Waals surface area contributed by atoms with Crippen molar-refractivity contribution in [2.75, 3.05) is 27.3 Å². The van der Waals surface area contributed by atoms with Gasteiger partial charge in [0.15, 0.2) is 0 Å². The average molecular weight is 296 g/mol. The van der Waals surface area contributed by atoms with Crippen LogP contribution in [0.4, 0.5) is 4.79 Å². The van der Waals surface area contributed by atoms with Gasteiger partial charge in [-0.25, -0.2) is 9.59 Å². The van der Waals surface area contributed by atoms with Crippen molar-refractivity contribution in [1.82, 2.24) is 10.2 Å². The largest absolute Gasteiger partial charge is 0.478 e. The number of carboxylic acid groups (broad SMARTS) is 1. The second-order valence-electron chi connectivity index (χ2n) is 4.65. The van der Waals surface area contributed by atoms with Gasteiger partial charge >= 0.3 is 12.0 Å². The highest BCUT2D eigenvalue weighted by molar-refractivity contribution is 5.87. The quantitative estimate of drug-likeness (QED) is 0.682. The third kappa shape index (κ3) is 5.80. The van der Waals surface area contributed by atoms with E-state index in [1.165, 1.54) is 24.1 Å². The highest BCUT2D eigenvalue weighted by Gasteiger charge is 2.13. The topological polar surface area (TPSA) is 99.1 Å². The second kappa shape index (κ2) is 8.23. The smallest absolute Gasteiger partial charge is 0.335 e. The van der Waals surface area contributed by atoms with E-state index in [0.29, 0.717) is 0 Å². The van der Waals surface area contributed by atoms with E-state index in [0.717, 1.165) is 5.56 Å². The number of nitrogens with zero attached hydrogens (tertiary/aromatic N) is 1. The average Bonchev–Trinajstić information content (AvgIpc) is 2.45. The van der Waals surface area contributed by atoms with Gasteiger partial charge in [-0.3, -0.25) is 0 Å². The molecule has 0 saturated heterocycles. The second-order valence-corrected chi connectivity index (χ2v) is 4.65. The van der Waals surface area contributed by atoms with Crippen LogP contribution in [0.25, 0.3) is 0 Å². The van der Waals surface area contributed by atoms with Crippen LogP contribution in [0.5, 0.6) is 0 Å². The molecule has 3 N–H and O–H groups in total. The molecule has 0 spiro atoms. The summed E-state index contributed by atoms with van der Waals surface area (Å²) >= 11 is 0. The minimum Gasteiger partial charge on any atom is -0.478 e. The number of aromatic carboxylic acids is 1. The highest BCUT2D eigenvalue weighted by atomic mass is 16.5. The highest BCUT2D eigenvalue weighted by Crippen LogP contribution is 2.04. The predicted molar refractivity (Wildman–Crippen MR) is 76.1 cm³/mol. The number of aliphatic hydroxyl groups is 1. The molecule has 1 atom stereocenters. The maximum absolute atomic E-state index is 11.8. The molecule has 1 rings (SSSR count). The summed E-state index contributed by atoms with van der Waals surface area (Å²) in [4.78, 5) is 23.9. The van der Waals surface area contributed by atoms with Crippen LogP contribution in [0.15, 0.2) is 24.3 Å². The normalized spacial score (nSPS) is 11.8. The molecule has 2 amide bonds. The standard InChI is InChI=1S/C14H20N2O5/c1-16(8-12(17)9-21-2)14(20)15-7-10-3-5-11(6-4-10)13(18)19/h3-6,12,17H,7-9H2,1-2H3,(H,15,20)(H,18,19). The molecular formula is C14H20N2O5. The molecule has 0 saturated carbocycles. The molecule has 7 nitrogen and oxygen atoms in total. The van der Waals surface area contributed by atoms with Gasteiger partial charge < -0.3 is 25.2 Å². The van der Waals surface area contributed by atoms with Crippen LogP contribution in [0.2, 0.25) is 0 Å². The van der Waals surface area contributed by atoms with E-state index < -0.39 is 12.1 Å². The Hall–Kier alpha value is -2.12. The Kier molecular flexibility index (Phi) is 6.64. The summed E-state index contributed by atoms with van der Waals surface area (Å²) in [7, 11) is 3.05. The summed E-state index contributed by atoms with van der Waals surface area (Å²) in [5.41, 5.74) is 0.990. The van der Waals surface area contributed by atoms with Crippen molar-refractivity contribution in [2.45, 2.75) is 12.6 Å². The van der Waals surface area contributed by atoms with Crippen molar-refractivity contribution in [3.63, 3.8) is 0 Å². The van der Waals surface area contributed by atoms with Gasteiger partial charge in [0.1, 0.15) is 0 Å². The van der Waals surface area contributed by atoms with Crippen molar-refractivity contribution in [3.8, 4) is 0 Å². The van der Waals surface area contributed by atoms with Crippen molar-refractivity contribution in [1.29, 1.82) is 0 Å². The predicted octanol–water partition coefficient (Wildman–Crippen LogP) is 0.533. The monoisotopic (exact) mass is 296 g/mol. The van der Waals surface area contributed by atoms with Crippen LogP contribution in [-0.4, -0.2) is 60.5 Å². The third-order valence-electron chi connectivity index (χ3n) is 2.83. The summed E-state index contributed by atoms with van der Waals surface area (Å²) < 4.78 is 4.79. The molecule has 0 heterocycles. The summed E-state index contributed by atoms with van der Waals surface area (Å²) in [6, 6.07) is 5.92. The lowest BCUT2D eigenvalue weighted by Crippen LogP contribution is -2.42. The number of benzene rings is 1. The Morgan fingerprint density at radius 2 is 1.95 bits per heavy atom. The molecule has 1 unspecified atom stereocenters. The van der Waals surface area contributed by atoms with E-state index in [1.54, 1.807) is 19.2 Å². The maximum Gasteiger partial charge on any atom is 0.335 e. The van der Waals surface area contributed by atoms with Gasteiger partial charge in [-0.15, -0.1) is 0 Å². The van der Waals surface area contributed by atoms with E-state index in [-0.39, 0.29) is 31.3 Å². The van der Waals surface area contributed by atoms with E-state index >= 15 is 0 Å². The van der Waals surface area contributed by atoms with E-state index in [4.69, 9.17) is 9.84 Å². The van der Waals surface area contributed by atoms with Crippen LogP contribution in [-0.2, 0) is 11.3 Å². The first-order valence-electron chi connectivity index (χ1n) is 6.42. The number of hydrogen-bond acceptors (Lipinski definition) is 4. The molecule has 0 aliphatic heterocycles. The van der Waals surface area contributed by atoms with Crippen molar-refractivity contribution < 1.29 is 24.5 Å². The van der Waals surface area contributed by atoms with Crippen LogP contribution in [0.1, 0.15) is 15.9 Å². The fourth-order valence-corrected chi connectivity index (χ4v) is 1.72. The molecule has 1 aromatic carbocycles. The zero-order chi connectivity index (χ0) is 15.8. The maximum atomic E-state index is 11.8. The van der Waals surface area contributed by atoms with Gasteiger partial charge in [-0.2, -0.15) is 0 Å². The van der Waals surface area contributed by atoms with E-state index in [9.17, 15) is 14.7 Å². The number of ether oxygens (including phenoxy) is 1. The molecule has 0 aromatic heterocycles. The number of carboxylic acids is 1. The zero-order valence-electron chi connectivity index (χ0n) is 12.1. The van der Waals surface area contributed by atoms with Gasteiger partial charge in [-0.1, -0.05) is 12.1 Å². The minimum absolute atomic E-state index is 0.161. The van der Waals surface area contributed by atoms with Crippen molar-refractivity contribution in [3.05, 3.63) is 35.4 Å². The number of aliphatic hydroxyl groups excluding tert-OH is 1. The first-order chi connectivity index (χ1) is 9.93. The molecule has 0 fully saturated rings. The summed E-state index contributed by atoms with van der Waals surface area (Å²) in [6.07, 6.45) is -0.736. The van der Waals surface area contributed by atoms with Crippen LogP contribution < -0.4 is 5.32 Å². The molecule has 0 aliphatic rings. The first-order valence-corrected chi connectivity index (χ1v) is 6.42. The number of likely N-dealkylation sites (N-methyl/N-ethyl adjacent to an activating group) is 1. The molecule has 1 aromatic rings. The number of hydrogen-bond donors (Lipinski definition) is 3. The molecular weight excluding hydrogens is 276 g/mol. The Bertz CT molecular complexity index is 475. The van der Waals surface area contributed by atoms with Gasteiger partial charge in [-0.05, 0) is 17.7 Å². The Morgan fingerprint density at radius 1 is 1.33 bits per heavy atom. The van der Waals surface area contributed by atoms with Gasteiger partial charge in [0.2, 0.25) is 0 Å². The van der Waals surface area contributed by atoms with Crippen molar-refractivity contribution in [2.24, 2.45) is 0 Å². The zero-order valence-corrected chi connectivity index (χ0v) is 12.1. The Labute approximate surface area is 123 Å². The fraction of sp³-hybridized carbons (Fsp3) is 0.429. The number of amides is 2. The van der Waals surface area contributed by atoms with Crippen molar-refractivity contribution >= 4 is 12.0 Å². The lowest BCUT2D eigenvalue weighted by atomic mass is 10.1.